The number of carbonyl (C=O) groups excluding carboxylic acids is 1. The van der Waals surface area contributed by atoms with Crippen molar-refractivity contribution in [2.24, 2.45) is 0 Å². The van der Waals surface area contributed by atoms with Gasteiger partial charge < -0.3 is 9.84 Å². The van der Waals surface area contributed by atoms with Gasteiger partial charge in [-0.3, -0.25) is 4.79 Å². The quantitative estimate of drug-likeness (QED) is 0.606. The summed E-state index contributed by atoms with van der Waals surface area (Å²) in [7, 11) is 0. The van der Waals surface area contributed by atoms with Crippen LogP contribution < -0.4 is 0 Å². The number of aliphatic hydroxyl groups excluding tert-OH is 1. The molecular formula is C8H14O3. The molecule has 1 N–H and O–H groups in total. The highest BCUT2D eigenvalue weighted by molar-refractivity contribution is 5.69. The SMILES string of the molecule is O=C1CCCC[C@@H](CCO)O1. The van der Waals surface area contributed by atoms with Crippen molar-refractivity contribution in [3.05, 3.63) is 0 Å². The van der Waals surface area contributed by atoms with E-state index in [4.69, 9.17) is 9.84 Å². The lowest BCUT2D eigenvalue weighted by molar-refractivity contribution is -0.148. The third-order valence-corrected chi connectivity index (χ3v) is 1.91. The molecule has 11 heavy (non-hydrogen) atoms. The summed E-state index contributed by atoms with van der Waals surface area (Å²) in [5.74, 6) is -0.110. The summed E-state index contributed by atoms with van der Waals surface area (Å²) in [4.78, 5) is 10.9. The number of cyclic esters (lactones) is 1. The van der Waals surface area contributed by atoms with E-state index in [-0.39, 0.29) is 18.7 Å². The average molecular weight is 158 g/mol. The molecule has 1 aliphatic rings. The van der Waals surface area contributed by atoms with Gasteiger partial charge in [0.15, 0.2) is 0 Å². The first kappa shape index (κ1) is 8.53. The predicted octanol–water partition coefficient (Wildman–Crippen LogP) is 0.855. The lowest BCUT2D eigenvalue weighted by Gasteiger charge is -2.12. The zero-order chi connectivity index (χ0) is 8.10. The van der Waals surface area contributed by atoms with Crippen LogP contribution in [-0.4, -0.2) is 23.8 Å². The van der Waals surface area contributed by atoms with Crippen molar-refractivity contribution in [3.63, 3.8) is 0 Å². The summed E-state index contributed by atoms with van der Waals surface area (Å²) in [6.07, 6.45) is 3.98. The summed E-state index contributed by atoms with van der Waals surface area (Å²) in [6, 6.07) is 0. The van der Waals surface area contributed by atoms with E-state index in [0.717, 1.165) is 19.3 Å². The topological polar surface area (TPSA) is 46.5 Å². The van der Waals surface area contributed by atoms with Gasteiger partial charge in [-0.15, -0.1) is 0 Å². The highest BCUT2D eigenvalue weighted by atomic mass is 16.5. The van der Waals surface area contributed by atoms with E-state index in [0.29, 0.717) is 12.8 Å². The second-order valence-electron chi connectivity index (χ2n) is 2.87. The van der Waals surface area contributed by atoms with Gasteiger partial charge in [-0.05, 0) is 19.3 Å². The Balaban J connectivity index is 2.33. The normalized spacial score (nSPS) is 25.9. The van der Waals surface area contributed by atoms with Gasteiger partial charge in [0.05, 0.1) is 0 Å². The van der Waals surface area contributed by atoms with Crippen LogP contribution in [0.4, 0.5) is 0 Å². The van der Waals surface area contributed by atoms with Gasteiger partial charge in [0.2, 0.25) is 0 Å². The Morgan fingerprint density at radius 2 is 2.36 bits per heavy atom. The fourth-order valence-electron chi connectivity index (χ4n) is 1.29. The molecule has 1 atom stereocenters. The molecule has 0 aromatic carbocycles. The Labute approximate surface area is 66.4 Å². The largest absolute Gasteiger partial charge is 0.462 e. The Bertz CT molecular complexity index is 133. The van der Waals surface area contributed by atoms with Gasteiger partial charge in [0, 0.05) is 19.4 Å². The van der Waals surface area contributed by atoms with E-state index in [2.05, 4.69) is 0 Å². The molecule has 0 bridgehead atoms. The molecule has 0 aliphatic carbocycles. The predicted molar refractivity (Wildman–Crippen MR) is 40.1 cm³/mol. The van der Waals surface area contributed by atoms with Crippen molar-refractivity contribution in [2.45, 2.75) is 38.2 Å². The minimum absolute atomic E-state index is 0.0324. The maximum Gasteiger partial charge on any atom is 0.306 e. The van der Waals surface area contributed by atoms with Gasteiger partial charge in [-0.1, -0.05) is 0 Å². The molecule has 0 aromatic heterocycles. The van der Waals surface area contributed by atoms with Crippen LogP contribution in [0.1, 0.15) is 32.1 Å². The third-order valence-electron chi connectivity index (χ3n) is 1.91. The van der Waals surface area contributed by atoms with Gasteiger partial charge in [0.1, 0.15) is 6.10 Å². The van der Waals surface area contributed by atoms with Crippen molar-refractivity contribution < 1.29 is 14.6 Å². The third kappa shape index (κ3) is 2.89. The van der Waals surface area contributed by atoms with Crippen LogP contribution in [0.15, 0.2) is 0 Å². The molecular weight excluding hydrogens is 144 g/mol. The molecule has 0 aromatic rings. The summed E-state index contributed by atoms with van der Waals surface area (Å²) in [5.41, 5.74) is 0. The number of hydrogen-bond donors (Lipinski definition) is 1. The maximum absolute atomic E-state index is 10.9. The first-order valence-electron chi connectivity index (χ1n) is 4.13. The summed E-state index contributed by atoms with van der Waals surface area (Å²) in [6.45, 7) is 0.109. The summed E-state index contributed by atoms with van der Waals surface area (Å²) < 4.78 is 5.05. The van der Waals surface area contributed by atoms with Crippen LogP contribution in [0.5, 0.6) is 0 Å². The lowest BCUT2D eigenvalue weighted by atomic mass is 10.1. The number of hydrogen-bond acceptors (Lipinski definition) is 3. The molecule has 0 amide bonds. The van der Waals surface area contributed by atoms with E-state index in [9.17, 15) is 4.79 Å². The van der Waals surface area contributed by atoms with E-state index >= 15 is 0 Å². The number of rotatable bonds is 2. The average Bonchev–Trinajstić information content (AvgIpc) is 2.15. The van der Waals surface area contributed by atoms with Crippen molar-refractivity contribution in [1.82, 2.24) is 0 Å². The van der Waals surface area contributed by atoms with Crippen molar-refractivity contribution in [2.75, 3.05) is 6.61 Å². The molecule has 0 saturated carbocycles. The molecule has 1 fully saturated rings. The molecule has 0 radical (unpaired) electrons. The fraction of sp³-hybridized carbons (Fsp3) is 0.875. The van der Waals surface area contributed by atoms with E-state index in [1.165, 1.54) is 0 Å². The van der Waals surface area contributed by atoms with Crippen molar-refractivity contribution in [1.29, 1.82) is 0 Å². The smallest absolute Gasteiger partial charge is 0.306 e. The van der Waals surface area contributed by atoms with Crippen molar-refractivity contribution >= 4 is 5.97 Å². The van der Waals surface area contributed by atoms with Crippen LogP contribution in [0.3, 0.4) is 0 Å². The molecule has 0 unspecified atom stereocenters. The molecule has 0 spiro atoms. The van der Waals surface area contributed by atoms with Crippen LogP contribution in [0, 0.1) is 0 Å². The zero-order valence-electron chi connectivity index (χ0n) is 6.58. The number of esters is 1. The summed E-state index contributed by atoms with van der Waals surface area (Å²) >= 11 is 0. The number of ether oxygens (including phenoxy) is 1. The molecule has 64 valence electrons. The van der Waals surface area contributed by atoms with E-state index in [1.807, 2.05) is 0 Å². The Kier molecular flexibility index (Phi) is 3.36. The molecule has 1 rings (SSSR count). The van der Waals surface area contributed by atoms with Gasteiger partial charge in [0.25, 0.3) is 0 Å². The molecule has 1 heterocycles. The first-order valence-corrected chi connectivity index (χ1v) is 4.13. The highest BCUT2D eigenvalue weighted by Gasteiger charge is 2.17. The van der Waals surface area contributed by atoms with Crippen LogP contribution in [-0.2, 0) is 9.53 Å². The van der Waals surface area contributed by atoms with Crippen LogP contribution in [0.2, 0.25) is 0 Å². The van der Waals surface area contributed by atoms with Gasteiger partial charge in [-0.25, -0.2) is 0 Å². The molecule has 1 aliphatic heterocycles. The molecule has 3 nitrogen and oxygen atoms in total. The number of carbonyl (C=O) groups is 1. The first-order chi connectivity index (χ1) is 5.33. The lowest BCUT2D eigenvalue weighted by Crippen LogP contribution is -2.16. The Morgan fingerprint density at radius 3 is 3.09 bits per heavy atom. The minimum Gasteiger partial charge on any atom is -0.462 e. The molecule has 3 heteroatoms. The van der Waals surface area contributed by atoms with Gasteiger partial charge in [-0.2, -0.15) is 0 Å². The van der Waals surface area contributed by atoms with Crippen LogP contribution in [0.25, 0.3) is 0 Å². The maximum atomic E-state index is 10.9. The second-order valence-corrected chi connectivity index (χ2v) is 2.87. The second kappa shape index (κ2) is 4.34. The van der Waals surface area contributed by atoms with Gasteiger partial charge >= 0.3 is 5.97 Å². The highest BCUT2D eigenvalue weighted by Crippen LogP contribution is 2.15. The monoisotopic (exact) mass is 158 g/mol. The zero-order valence-corrected chi connectivity index (χ0v) is 6.58. The minimum atomic E-state index is -0.110. The standard InChI is InChI=1S/C8H14O3/c9-6-5-7-3-1-2-4-8(10)11-7/h7,9H,1-6H2/t7-/m0/s1. The van der Waals surface area contributed by atoms with Crippen molar-refractivity contribution in [3.8, 4) is 0 Å². The van der Waals surface area contributed by atoms with E-state index < -0.39 is 0 Å². The van der Waals surface area contributed by atoms with E-state index in [1.54, 1.807) is 0 Å². The number of aliphatic hydroxyl groups is 1. The fourth-order valence-corrected chi connectivity index (χ4v) is 1.29. The Morgan fingerprint density at radius 1 is 1.55 bits per heavy atom. The van der Waals surface area contributed by atoms with Crippen LogP contribution >= 0.6 is 0 Å². The molecule has 1 saturated heterocycles. The summed E-state index contributed by atoms with van der Waals surface area (Å²) in [5, 5.41) is 8.61. The Hall–Kier alpha value is -0.570.